The van der Waals surface area contributed by atoms with E-state index in [1.54, 1.807) is 38.4 Å². The number of rotatable bonds is 5. The van der Waals surface area contributed by atoms with Gasteiger partial charge in [-0.2, -0.15) is 0 Å². The molecule has 0 spiro atoms. The third-order valence-corrected chi connectivity index (χ3v) is 3.26. The van der Waals surface area contributed by atoms with Gasteiger partial charge in [-0.3, -0.25) is 4.79 Å². The van der Waals surface area contributed by atoms with Crippen molar-refractivity contribution in [2.45, 2.75) is 6.42 Å². The first-order valence-corrected chi connectivity index (χ1v) is 6.94. The predicted octanol–water partition coefficient (Wildman–Crippen LogP) is 2.63. The molecular weight excluding hydrogens is 308 g/mol. The largest absolute Gasteiger partial charge is 0.460 e. The highest BCUT2D eigenvalue weighted by atomic mass is 35.5. The zero-order valence-corrected chi connectivity index (χ0v) is 13.0. The number of oxazole rings is 1. The number of carbonyl (C=O) groups excluding carboxylic acids is 2. The van der Waals surface area contributed by atoms with Gasteiger partial charge in [-0.25, -0.2) is 9.78 Å². The number of hydrogen-bond acceptors (Lipinski definition) is 5. The van der Waals surface area contributed by atoms with E-state index >= 15 is 0 Å². The molecule has 7 heteroatoms. The van der Waals surface area contributed by atoms with Crippen molar-refractivity contribution in [1.29, 1.82) is 0 Å². The number of amides is 1. The molecule has 0 unspecified atom stereocenters. The van der Waals surface area contributed by atoms with Gasteiger partial charge >= 0.3 is 5.97 Å². The molecule has 0 atom stereocenters. The second kappa shape index (κ2) is 7.09. The summed E-state index contributed by atoms with van der Waals surface area (Å²) in [5.74, 6) is -0.538. The Kier molecular flexibility index (Phi) is 5.16. The molecule has 22 heavy (non-hydrogen) atoms. The summed E-state index contributed by atoms with van der Waals surface area (Å²) in [6.45, 7) is -0.0231. The highest BCUT2D eigenvalue weighted by molar-refractivity contribution is 6.33. The van der Waals surface area contributed by atoms with Crippen LogP contribution in [-0.4, -0.2) is 42.5 Å². The lowest BCUT2D eigenvalue weighted by molar-refractivity contribution is -0.129. The summed E-state index contributed by atoms with van der Waals surface area (Å²) < 4.78 is 10.3. The van der Waals surface area contributed by atoms with Crippen molar-refractivity contribution in [2.24, 2.45) is 0 Å². The number of ether oxygens (including phenoxy) is 1. The highest BCUT2D eigenvalue weighted by Gasteiger charge is 2.21. The number of halogens is 1. The smallest absolute Gasteiger partial charge is 0.361 e. The molecule has 0 aliphatic heterocycles. The molecular formula is C15H15ClN2O4. The van der Waals surface area contributed by atoms with E-state index in [-0.39, 0.29) is 30.4 Å². The van der Waals surface area contributed by atoms with Crippen LogP contribution in [0.1, 0.15) is 16.9 Å². The molecule has 1 aromatic carbocycles. The van der Waals surface area contributed by atoms with Gasteiger partial charge < -0.3 is 14.1 Å². The van der Waals surface area contributed by atoms with E-state index in [2.05, 4.69) is 4.98 Å². The van der Waals surface area contributed by atoms with Gasteiger partial charge in [0.15, 0.2) is 17.8 Å². The van der Waals surface area contributed by atoms with Crippen molar-refractivity contribution in [3.05, 3.63) is 41.4 Å². The molecule has 2 rings (SSSR count). The van der Waals surface area contributed by atoms with Gasteiger partial charge in [-0.1, -0.05) is 23.7 Å². The van der Waals surface area contributed by atoms with Gasteiger partial charge in [0, 0.05) is 19.7 Å². The normalized spacial score (nSPS) is 10.3. The molecule has 1 heterocycles. The van der Waals surface area contributed by atoms with Crippen molar-refractivity contribution < 1.29 is 18.7 Å². The standard InChI is InChI=1S/C15H15ClN2O4/c1-18(2)12(19)7-8-21-15(20)13-14(22-9-17-13)10-5-3-4-6-11(10)16/h3-6,9H,7-8H2,1-2H3. The van der Waals surface area contributed by atoms with Crippen LogP contribution in [-0.2, 0) is 9.53 Å². The maximum absolute atomic E-state index is 12.0. The van der Waals surface area contributed by atoms with Crippen LogP contribution in [0.15, 0.2) is 35.1 Å². The molecule has 6 nitrogen and oxygen atoms in total. The van der Waals surface area contributed by atoms with Crippen LogP contribution in [0.5, 0.6) is 0 Å². The van der Waals surface area contributed by atoms with Gasteiger partial charge in [0.2, 0.25) is 5.91 Å². The molecule has 2 aromatic rings. The van der Waals surface area contributed by atoms with Crippen molar-refractivity contribution in [3.8, 4) is 11.3 Å². The summed E-state index contributed by atoms with van der Waals surface area (Å²) in [4.78, 5) is 28.8. The molecule has 0 bridgehead atoms. The summed E-state index contributed by atoms with van der Waals surface area (Å²) in [6, 6.07) is 6.95. The summed E-state index contributed by atoms with van der Waals surface area (Å²) in [5, 5.41) is 0.441. The van der Waals surface area contributed by atoms with E-state index in [1.807, 2.05) is 0 Å². The fourth-order valence-corrected chi connectivity index (χ4v) is 1.97. The van der Waals surface area contributed by atoms with Gasteiger partial charge in [-0.05, 0) is 12.1 Å². The molecule has 0 saturated heterocycles. The van der Waals surface area contributed by atoms with E-state index in [4.69, 9.17) is 20.8 Å². The van der Waals surface area contributed by atoms with E-state index in [0.29, 0.717) is 10.6 Å². The summed E-state index contributed by atoms with van der Waals surface area (Å²) in [6.07, 6.45) is 1.26. The Bertz CT molecular complexity index is 682. The molecule has 1 aromatic heterocycles. The fraction of sp³-hybridized carbons (Fsp3) is 0.267. The molecule has 0 saturated carbocycles. The van der Waals surface area contributed by atoms with Gasteiger partial charge in [0.1, 0.15) is 6.61 Å². The minimum Gasteiger partial charge on any atom is -0.460 e. The quantitative estimate of drug-likeness (QED) is 0.791. The third-order valence-electron chi connectivity index (χ3n) is 2.93. The Morgan fingerprint density at radius 3 is 2.73 bits per heavy atom. The molecule has 0 aliphatic carbocycles. The molecule has 1 amide bonds. The maximum atomic E-state index is 12.0. The van der Waals surface area contributed by atoms with Crippen LogP contribution in [0.4, 0.5) is 0 Å². The van der Waals surface area contributed by atoms with Gasteiger partial charge in [0.25, 0.3) is 0 Å². The summed E-state index contributed by atoms with van der Waals surface area (Å²) in [7, 11) is 3.27. The van der Waals surface area contributed by atoms with Crippen molar-refractivity contribution >= 4 is 23.5 Å². The topological polar surface area (TPSA) is 72.6 Å². The molecule has 0 aliphatic rings. The first-order valence-electron chi connectivity index (χ1n) is 6.56. The second-order valence-corrected chi connectivity index (χ2v) is 5.09. The average molecular weight is 323 g/mol. The minimum atomic E-state index is -0.657. The van der Waals surface area contributed by atoms with Crippen LogP contribution >= 0.6 is 11.6 Å². The van der Waals surface area contributed by atoms with Gasteiger partial charge in [0.05, 0.1) is 11.4 Å². The van der Waals surface area contributed by atoms with Gasteiger partial charge in [-0.15, -0.1) is 0 Å². The van der Waals surface area contributed by atoms with Crippen molar-refractivity contribution in [1.82, 2.24) is 9.88 Å². The Balaban J connectivity index is 2.08. The van der Waals surface area contributed by atoms with E-state index in [0.717, 1.165) is 6.39 Å². The van der Waals surface area contributed by atoms with Crippen LogP contribution < -0.4 is 0 Å². The number of esters is 1. The second-order valence-electron chi connectivity index (χ2n) is 4.68. The zero-order chi connectivity index (χ0) is 16.1. The van der Waals surface area contributed by atoms with Crippen LogP contribution in [0.3, 0.4) is 0 Å². The van der Waals surface area contributed by atoms with E-state index in [9.17, 15) is 9.59 Å². The van der Waals surface area contributed by atoms with Crippen LogP contribution in [0.2, 0.25) is 5.02 Å². The lowest BCUT2D eigenvalue weighted by Crippen LogP contribution is -2.23. The first kappa shape index (κ1) is 16.0. The Hall–Kier alpha value is -2.34. The van der Waals surface area contributed by atoms with Crippen LogP contribution in [0, 0.1) is 0 Å². The lowest BCUT2D eigenvalue weighted by atomic mass is 10.1. The van der Waals surface area contributed by atoms with Crippen LogP contribution in [0.25, 0.3) is 11.3 Å². The Morgan fingerprint density at radius 1 is 1.32 bits per heavy atom. The summed E-state index contributed by atoms with van der Waals surface area (Å²) in [5.41, 5.74) is 0.586. The number of nitrogens with zero attached hydrogens (tertiary/aromatic N) is 2. The van der Waals surface area contributed by atoms with E-state index < -0.39 is 5.97 Å². The van der Waals surface area contributed by atoms with Crippen molar-refractivity contribution in [3.63, 3.8) is 0 Å². The molecule has 0 radical (unpaired) electrons. The number of hydrogen-bond donors (Lipinski definition) is 0. The fourth-order valence-electron chi connectivity index (χ4n) is 1.75. The average Bonchev–Trinajstić information content (AvgIpc) is 2.96. The highest BCUT2D eigenvalue weighted by Crippen LogP contribution is 2.30. The maximum Gasteiger partial charge on any atom is 0.361 e. The number of aromatic nitrogens is 1. The minimum absolute atomic E-state index is 0.0231. The van der Waals surface area contributed by atoms with E-state index in [1.165, 1.54) is 4.90 Å². The lowest BCUT2D eigenvalue weighted by Gasteiger charge is -2.10. The molecule has 0 fully saturated rings. The Labute approximate surface area is 132 Å². The Morgan fingerprint density at radius 2 is 2.05 bits per heavy atom. The molecule has 116 valence electrons. The SMILES string of the molecule is CN(C)C(=O)CCOC(=O)c1ncoc1-c1ccccc1Cl. The molecule has 0 N–H and O–H groups in total. The zero-order valence-electron chi connectivity index (χ0n) is 12.2. The number of carbonyl (C=O) groups is 2. The first-order chi connectivity index (χ1) is 10.5. The predicted molar refractivity (Wildman–Crippen MR) is 80.5 cm³/mol. The monoisotopic (exact) mass is 322 g/mol. The third kappa shape index (κ3) is 3.65. The number of benzene rings is 1. The summed E-state index contributed by atoms with van der Waals surface area (Å²) >= 11 is 6.08. The van der Waals surface area contributed by atoms with Crippen molar-refractivity contribution in [2.75, 3.05) is 20.7 Å².